The van der Waals surface area contributed by atoms with Crippen molar-refractivity contribution >= 4 is 21.6 Å². The highest BCUT2D eigenvalue weighted by Crippen LogP contribution is 2.42. The molecular weight excluding hydrogens is 286 g/mol. The van der Waals surface area contributed by atoms with E-state index in [1.165, 1.54) is 54.5 Å². The van der Waals surface area contributed by atoms with E-state index in [2.05, 4.69) is 59.8 Å². The number of anilines is 1. The Labute approximate surface area is 120 Å². The van der Waals surface area contributed by atoms with Gasteiger partial charge in [-0.1, -0.05) is 42.6 Å². The van der Waals surface area contributed by atoms with Gasteiger partial charge in [0.05, 0.1) is 0 Å². The van der Waals surface area contributed by atoms with Crippen LogP contribution in [0.15, 0.2) is 22.7 Å². The van der Waals surface area contributed by atoms with Crippen LogP contribution in [-0.4, -0.2) is 13.1 Å². The zero-order valence-corrected chi connectivity index (χ0v) is 13.4. The zero-order valence-electron chi connectivity index (χ0n) is 11.8. The molecule has 18 heavy (non-hydrogen) atoms. The Bertz CT molecular complexity index is 400. The summed E-state index contributed by atoms with van der Waals surface area (Å²) in [5.41, 5.74) is 3.32. The van der Waals surface area contributed by atoms with E-state index < -0.39 is 0 Å². The molecule has 1 saturated heterocycles. The van der Waals surface area contributed by atoms with E-state index in [0.717, 1.165) is 0 Å². The lowest BCUT2D eigenvalue weighted by Crippen LogP contribution is -2.56. The van der Waals surface area contributed by atoms with Gasteiger partial charge in [-0.25, -0.2) is 0 Å². The molecule has 1 aromatic rings. The first-order valence-corrected chi connectivity index (χ1v) is 7.90. The predicted molar refractivity (Wildman–Crippen MR) is 83.3 cm³/mol. The second kappa shape index (κ2) is 5.64. The van der Waals surface area contributed by atoms with Crippen molar-refractivity contribution in [2.75, 3.05) is 18.0 Å². The van der Waals surface area contributed by atoms with Crippen LogP contribution in [0.1, 0.15) is 45.1 Å². The average Bonchev–Trinajstić information content (AvgIpc) is 2.29. The molecule has 1 aromatic carbocycles. The average molecular weight is 310 g/mol. The molecule has 0 N–H and O–H groups in total. The highest BCUT2D eigenvalue weighted by atomic mass is 79.9. The monoisotopic (exact) mass is 309 g/mol. The smallest absolute Gasteiger partial charge is 0.0370 e. The van der Waals surface area contributed by atoms with Crippen LogP contribution < -0.4 is 4.90 Å². The molecule has 1 aliphatic heterocycles. The van der Waals surface area contributed by atoms with Crippen molar-refractivity contribution in [1.82, 2.24) is 0 Å². The van der Waals surface area contributed by atoms with Gasteiger partial charge in [0.15, 0.2) is 0 Å². The Morgan fingerprint density at radius 2 is 1.78 bits per heavy atom. The van der Waals surface area contributed by atoms with E-state index in [1.807, 2.05) is 0 Å². The Kier molecular flexibility index (Phi) is 4.37. The van der Waals surface area contributed by atoms with Crippen LogP contribution in [-0.2, 0) is 0 Å². The maximum atomic E-state index is 3.57. The van der Waals surface area contributed by atoms with Crippen molar-refractivity contribution in [2.45, 2.75) is 46.5 Å². The van der Waals surface area contributed by atoms with E-state index in [1.54, 1.807) is 0 Å². The normalized spacial score (nSPS) is 17.7. The third kappa shape index (κ3) is 2.74. The van der Waals surface area contributed by atoms with E-state index in [9.17, 15) is 0 Å². The molecule has 0 spiro atoms. The summed E-state index contributed by atoms with van der Waals surface area (Å²) in [5.74, 6) is 0. The number of rotatable bonds is 5. The van der Waals surface area contributed by atoms with Crippen LogP contribution in [0.2, 0.25) is 0 Å². The lowest BCUT2D eigenvalue weighted by Gasteiger charge is -2.52. The first-order valence-electron chi connectivity index (χ1n) is 7.11. The highest BCUT2D eigenvalue weighted by Gasteiger charge is 2.41. The minimum atomic E-state index is 0.602. The molecule has 2 heteroatoms. The van der Waals surface area contributed by atoms with Crippen molar-refractivity contribution < 1.29 is 0 Å². The fourth-order valence-corrected chi connectivity index (χ4v) is 3.52. The van der Waals surface area contributed by atoms with Gasteiger partial charge < -0.3 is 4.90 Å². The Morgan fingerprint density at radius 1 is 1.17 bits per heavy atom. The topological polar surface area (TPSA) is 3.24 Å². The summed E-state index contributed by atoms with van der Waals surface area (Å²) in [6.07, 6.45) is 5.39. The Hall–Kier alpha value is -0.500. The number of halogens is 1. The van der Waals surface area contributed by atoms with Crippen molar-refractivity contribution in [1.29, 1.82) is 0 Å². The molecule has 0 aromatic heterocycles. The number of benzene rings is 1. The zero-order chi connectivity index (χ0) is 13.2. The summed E-state index contributed by atoms with van der Waals surface area (Å²) in [5, 5.41) is 0. The standard InChI is InChI=1S/C16H24BrN/c1-4-8-16(9-5-2)11-18(12-16)14-6-7-15(17)13(3)10-14/h6-7,10H,4-5,8-9,11-12H2,1-3H3. The second-order valence-corrected chi connectivity index (χ2v) is 6.64. The molecule has 1 fully saturated rings. The minimum Gasteiger partial charge on any atom is -0.370 e. The van der Waals surface area contributed by atoms with Crippen molar-refractivity contribution in [3.05, 3.63) is 28.2 Å². The SMILES string of the molecule is CCCC1(CCC)CN(c2ccc(Br)c(C)c2)C1. The van der Waals surface area contributed by atoms with Crippen molar-refractivity contribution in [3.63, 3.8) is 0 Å². The summed E-state index contributed by atoms with van der Waals surface area (Å²) in [6, 6.07) is 6.70. The van der Waals surface area contributed by atoms with E-state index in [4.69, 9.17) is 0 Å². The maximum Gasteiger partial charge on any atom is 0.0370 e. The molecule has 1 heterocycles. The molecule has 0 radical (unpaired) electrons. The lowest BCUT2D eigenvalue weighted by molar-refractivity contribution is 0.173. The fourth-order valence-electron chi connectivity index (χ4n) is 3.27. The van der Waals surface area contributed by atoms with Crippen LogP contribution in [0.3, 0.4) is 0 Å². The van der Waals surface area contributed by atoms with Gasteiger partial charge in [-0.2, -0.15) is 0 Å². The minimum absolute atomic E-state index is 0.602. The maximum absolute atomic E-state index is 3.57. The molecule has 2 rings (SSSR count). The van der Waals surface area contributed by atoms with Crippen LogP contribution in [0.25, 0.3) is 0 Å². The first-order chi connectivity index (χ1) is 8.60. The predicted octanol–water partition coefficient (Wildman–Crippen LogP) is 5.16. The second-order valence-electron chi connectivity index (χ2n) is 5.79. The van der Waals surface area contributed by atoms with E-state index in [0.29, 0.717) is 5.41 Å². The molecule has 1 nitrogen and oxygen atoms in total. The Morgan fingerprint density at radius 3 is 2.28 bits per heavy atom. The number of aryl methyl sites for hydroxylation is 1. The molecule has 0 atom stereocenters. The summed E-state index contributed by atoms with van der Waals surface area (Å²) in [4.78, 5) is 2.53. The molecule has 100 valence electrons. The van der Waals surface area contributed by atoms with E-state index in [-0.39, 0.29) is 0 Å². The van der Waals surface area contributed by atoms with Gasteiger partial charge in [0, 0.05) is 28.7 Å². The highest BCUT2D eigenvalue weighted by molar-refractivity contribution is 9.10. The van der Waals surface area contributed by atoms with Crippen molar-refractivity contribution in [3.8, 4) is 0 Å². The summed E-state index contributed by atoms with van der Waals surface area (Å²) >= 11 is 3.57. The quantitative estimate of drug-likeness (QED) is 0.725. The molecule has 0 unspecified atom stereocenters. The fraction of sp³-hybridized carbons (Fsp3) is 0.625. The number of nitrogens with zero attached hydrogens (tertiary/aromatic N) is 1. The molecule has 0 aliphatic carbocycles. The van der Waals surface area contributed by atoms with Gasteiger partial charge in [-0.05, 0) is 43.5 Å². The van der Waals surface area contributed by atoms with Gasteiger partial charge in [-0.15, -0.1) is 0 Å². The molecule has 0 saturated carbocycles. The Balaban J connectivity index is 2.04. The number of hydrogen-bond acceptors (Lipinski definition) is 1. The van der Waals surface area contributed by atoms with Crippen LogP contribution >= 0.6 is 15.9 Å². The number of hydrogen-bond donors (Lipinski definition) is 0. The lowest BCUT2D eigenvalue weighted by atomic mass is 9.72. The van der Waals surface area contributed by atoms with Gasteiger partial charge in [0.1, 0.15) is 0 Å². The summed E-state index contributed by atoms with van der Waals surface area (Å²) in [6.45, 7) is 9.28. The molecule has 1 aliphatic rings. The van der Waals surface area contributed by atoms with Gasteiger partial charge >= 0.3 is 0 Å². The summed E-state index contributed by atoms with van der Waals surface area (Å²) in [7, 11) is 0. The van der Waals surface area contributed by atoms with Gasteiger partial charge in [0.2, 0.25) is 0 Å². The van der Waals surface area contributed by atoms with Gasteiger partial charge in [-0.3, -0.25) is 0 Å². The first kappa shape index (κ1) is 13.9. The largest absolute Gasteiger partial charge is 0.370 e. The van der Waals surface area contributed by atoms with Crippen LogP contribution in [0.4, 0.5) is 5.69 Å². The third-order valence-corrected chi connectivity index (χ3v) is 5.01. The van der Waals surface area contributed by atoms with Crippen LogP contribution in [0.5, 0.6) is 0 Å². The molecular formula is C16H24BrN. The van der Waals surface area contributed by atoms with E-state index >= 15 is 0 Å². The third-order valence-electron chi connectivity index (χ3n) is 4.12. The molecule has 0 bridgehead atoms. The van der Waals surface area contributed by atoms with Crippen LogP contribution in [0, 0.1) is 12.3 Å². The van der Waals surface area contributed by atoms with Crippen molar-refractivity contribution in [2.24, 2.45) is 5.41 Å². The summed E-state index contributed by atoms with van der Waals surface area (Å²) < 4.78 is 1.21. The molecule has 0 amide bonds. The van der Waals surface area contributed by atoms with Gasteiger partial charge in [0.25, 0.3) is 0 Å².